The van der Waals surface area contributed by atoms with Crippen LogP contribution in [0.4, 0.5) is 11.5 Å². The van der Waals surface area contributed by atoms with E-state index in [2.05, 4.69) is 21.8 Å². The van der Waals surface area contributed by atoms with E-state index >= 15 is 0 Å². The normalized spacial score (nSPS) is 14.8. The van der Waals surface area contributed by atoms with Gasteiger partial charge in [-0.1, -0.05) is 36.4 Å². The van der Waals surface area contributed by atoms with Crippen molar-refractivity contribution in [2.24, 2.45) is 5.92 Å². The Kier molecular flexibility index (Phi) is 8.62. The minimum atomic E-state index is -0.945. The summed E-state index contributed by atoms with van der Waals surface area (Å²) in [5, 5.41) is 11.7. The maximum absolute atomic E-state index is 12.4. The summed E-state index contributed by atoms with van der Waals surface area (Å²) in [6, 6.07) is 11.3. The third-order valence-electron chi connectivity index (χ3n) is 5.73. The van der Waals surface area contributed by atoms with Crippen LogP contribution in [0.1, 0.15) is 35.7 Å². The van der Waals surface area contributed by atoms with Crippen LogP contribution in [0.15, 0.2) is 78.7 Å². The fourth-order valence-corrected chi connectivity index (χ4v) is 3.53. The number of rotatable bonds is 9. The minimum absolute atomic E-state index is 0.153. The van der Waals surface area contributed by atoms with E-state index in [0.29, 0.717) is 29.5 Å². The van der Waals surface area contributed by atoms with Crippen LogP contribution in [0.5, 0.6) is 0 Å². The Morgan fingerprint density at radius 3 is 2.53 bits per heavy atom. The lowest BCUT2D eigenvalue weighted by Crippen LogP contribution is -2.35. The van der Waals surface area contributed by atoms with Gasteiger partial charge >= 0.3 is 5.97 Å². The van der Waals surface area contributed by atoms with Crippen molar-refractivity contribution in [2.75, 3.05) is 29.9 Å². The van der Waals surface area contributed by atoms with Crippen molar-refractivity contribution in [2.45, 2.75) is 26.7 Å². The third-order valence-corrected chi connectivity index (χ3v) is 5.73. The van der Waals surface area contributed by atoms with Gasteiger partial charge in [-0.15, -0.1) is 0 Å². The lowest BCUT2D eigenvalue weighted by atomic mass is 9.98. The number of pyridine rings is 1. The highest BCUT2D eigenvalue weighted by Crippen LogP contribution is 2.23. The number of carbonyl (C=O) groups excluding carboxylic acids is 1. The second kappa shape index (κ2) is 11.8. The molecule has 2 heterocycles. The molecule has 2 aromatic rings. The van der Waals surface area contributed by atoms with Crippen LogP contribution >= 0.6 is 0 Å². The summed E-state index contributed by atoms with van der Waals surface area (Å²) in [6.45, 7) is 9.71. The van der Waals surface area contributed by atoms with Crippen LogP contribution < -0.4 is 10.2 Å². The average Bonchev–Trinajstić information content (AvgIpc) is 2.84. The van der Waals surface area contributed by atoms with Gasteiger partial charge in [0.1, 0.15) is 11.6 Å². The van der Waals surface area contributed by atoms with Crippen molar-refractivity contribution < 1.29 is 19.4 Å². The van der Waals surface area contributed by atoms with E-state index in [4.69, 9.17) is 9.84 Å². The predicted octanol–water partition coefficient (Wildman–Crippen LogP) is 4.98. The highest BCUT2D eigenvalue weighted by atomic mass is 16.5. The molecule has 1 saturated heterocycles. The van der Waals surface area contributed by atoms with E-state index in [1.807, 2.05) is 43.3 Å². The molecular weight excluding hydrogens is 430 g/mol. The number of anilines is 2. The monoisotopic (exact) mass is 461 g/mol. The van der Waals surface area contributed by atoms with Crippen molar-refractivity contribution in [1.29, 1.82) is 0 Å². The first kappa shape index (κ1) is 24.8. The molecule has 0 atom stereocenters. The molecule has 1 aromatic carbocycles. The van der Waals surface area contributed by atoms with Gasteiger partial charge in [-0.2, -0.15) is 0 Å². The fourth-order valence-electron chi connectivity index (χ4n) is 3.53. The third kappa shape index (κ3) is 7.33. The summed E-state index contributed by atoms with van der Waals surface area (Å²) in [4.78, 5) is 29.9. The first-order chi connectivity index (χ1) is 16.3. The summed E-state index contributed by atoms with van der Waals surface area (Å²) < 4.78 is 5.73. The first-order valence-corrected chi connectivity index (χ1v) is 11.3. The second-order valence-electron chi connectivity index (χ2n) is 8.45. The molecule has 178 valence electrons. The van der Waals surface area contributed by atoms with Gasteiger partial charge in [0.2, 0.25) is 0 Å². The lowest BCUT2D eigenvalue weighted by Gasteiger charge is -2.32. The summed E-state index contributed by atoms with van der Waals surface area (Å²) in [6.07, 6.45) is 8.46. The molecule has 0 unspecified atom stereocenters. The minimum Gasteiger partial charge on any atom is -0.494 e. The van der Waals surface area contributed by atoms with Crippen LogP contribution in [0.25, 0.3) is 0 Å². The van der Waals surface area contributed by atoms with Gasteiger partial charge in [0.05, 0.1) is 18.5 Å². The van der Waals surface area contributed by atoms with E-state index in [1.54, 1.807) is 18.3 Å². The van der Waals surface area contributed by atoms with Gasteiger partial charge in [0.25, 0.3) is 5.91 Å². The maximum atomic E-state index is 12.4. The smallest absolute Gasteiger partial charge is 0.331 e. The number of amides is 1. The van der Waals surface area contributed by atoms with Crippen LogP contribution in [0, 0.1) is 12.8 Å². The molecule has 1 amide bonds. The van der Waals surface area contributed by atoms with Gasteiger partial charge in [-0.3, -0.25) is 4.79 Å². The maximum Gasteiger partial charge on any atom is 0.331 e. The molecule has 7 heteroatoms. The number of benzene rings is 1. The van der Waals surface area contributed by atoms with Gasteiger partial charge < -0.3 is 20.1 Å². The van der Waals surface area contributed by atoms with E-state index in [-0.39, 0.29) is 11.5 Å². The zero-order valence-electron chi connectivity index (χ0n) is 19.7. The number of carbonyl (C=O) groups is 2. The topological polar surface area (TPSA) is 91.8 Å². The van der Waals surface area contributed by atoms with Gasteiger partial charge in [0.15, 0.2) is 0 Å². The van der Waals surface area contributed by atoms with E-state index in [1.165, 1.54) is 13.0 Å². The number of piperidine rings is 1. The number of hydrogen-bond donors (Lipinski definition) is 2. The van der Waals surface area contributed by atoms with E-state index in [0.717, 1.165) is 37.3 Å². The van der Waals surface area contributed by atoms with Gasteiger partial charge in [-0.05, 0) is 62.9 Å². The van der Waals surface area contributed by atoms with Crippen molar-refractivity contribution in [3.63, 3.8) is 0 Å². The number of allylic oxidation sites excluding steroid dienone is 3. The van der Waals surface area contributed by atoms with Crippen LogP contribution in [0.2, 0.25) is 0 Å². The largest absolute Gasteiger partial charge is 0.494 e. The number of nitrogens with one attached hydrogen (secondary N) is 1. The SMILES string of the molecule is C=C(/C=C\C=C(/C)C(=O)O)OCC1CCN(c2ccc(NC(=O)c3ccc(C)cc3)cn2)CC1. The van der Waals surface area contributed by atoms with Crippen molar-refractivity contribution in [1.82, 2.24) is 4.98 Å². The Labute approximate surface area is 200 Å². The highest BCUT2D eigenvalue weighted by Gasteiger charge is 2.21. The van der Waals surface area contributed by atoms with Gasteiger partial charge in [-0.25, -0.2) is 9.78 Å². The molecule has 3 rings (SSSR count). The molecular formula is C27H31N3O4. The molecule has 0 radical (unpaired) electrons. The Balaban J connectivity index is 1.42. The average molecular weight is 462 g/mol. The Morgan fingerprint density at radius 2 is 1.91 bits per heavy atom. The molecule has 0 saturated carbocycles. The van der Waals surface area contributed by atoms with Crippen molar-refractivity contribution >= 4 is 23.4 Å². The van der Waals surface area contributed by atoms with Crippen LogP contribution in [-0.4, -0.2) is 41.7 Å². The Bertz CT molecular complexity index is 1060. The number of ether oxygens (including phenoxy) is 1. The summed E-state index contributed by atoms with van der Waals surface area (Å²) >= 11 is 0. The number of aliphatic carboxylic acids is 1. The summed E-state index contributed by atoms with van der Waals surface area (Å²) in [5.74, 6) is 0.729. The zero-order chi connectivity index (χ0) is 24.5. The number of aromatic nitrogens is 1. The molecule has 1 aliphatic rings. The molecule has 0 bridgehead atoms. The summed E-state index contributed by atoms with van der Waals surface area (Å²) in [7, 11) is 0. The van der Waals surface area contributed by atoms with Gasteiger partial charge in [0, 0.05) is 24.2 Å². The number of carboxylic acids is 1. The quantitative estimate of drug-likeness (QED) is 0.311. The van der Waals surface area contributed by atoms with Crippen LogP contribution in [0.3, 0.4) is 0 Å². The van der Waals surface area contributed by atoms with Crippen molar-refractivity contribution in [3.8, 4) is 0 Å². The van der Waals surface area contributed by atoms with E-state index in [9.17, 15) is 9.59 Å². The molecule has 1 fully saturated rings. The lowest BCUT2D eigenvalue weighted by molar-refractivity contribution is -0.132. The molecule has 1 aliphatic heterocycles. The molecule has 2 N–H and O–H groups in total. The number of hydrogen-bond acceptors (Lipinski definition) is 5. The second-order valence-corrected chi connectivity index (χ2v) is 8.45. The standard InChI is InChI=1S/C27H31N3O4/c1-19-7-9-23(10-8-19)26(31)29-24-11-12-25(28-17-24)30-15-13-22(14-16-30)18-34-21(3)6-4-5-20(2)27(32)33/h4-12,17,22H,3,13-16,18H2,1-2H3,(H,29,31)(H,32,33)/b6-4-,20-5+. The molecule has 1 aromatic heterocycles. The Morgan fingerprint density at radius 1 is 1.21 bits per heavy atom. The van der Waals surface area contributed by atoms with Crippen LogP contribution in [-0.2, 0) is 9.53 Å². The molecule has 34 heavy (non-hydrogen) atoms. The summed E-state index contributed by atoms with van der Waals surface area (Å²) in [5.41, 5.74) is 2.65. The number of carboxylic acid groups (broad SMARTS) is 1. The fraction of sp³-hybridized carbons (Fsp3) is 0.296. The first-order valence-electron chi connectivity index (χ1n) is 11.3. The number of aryl methyl sites for hydroxylation is 1. The number of nitrogens with zero attached hydrogens (tertiary/aromatic N) is 2. The van der Waals surface area contributed by atoms with E-state index < -0.39 is 5.97 Å². The predicted molar refractivity (Wildman–Crippen MR) is 134 cm³/mol. The molecule has 0 spiro atoms. The Hall–Kier alpha value is -3.87. The zero-order valence-corrected chi connectivity index (χ0v) is 19.7. The highest BCUT2D eigenvalue weighted by molar-refractivity contribution is 6.04. The molecule has 7 nitrogen and oxygen atoms in total. The van der Waals surface area contributed by atoms with Crippen molar-refractivity contribution in [3.05, 3.63) is 89.9 Å². The molecule has 0 aliphatic carbocycles.